The van der Waals surface area contributed by atoms with Crippen molar-refractivity contribution in [2.24, 2.45) is 0 Å². The van der Waals surface area contributed by atoms with E-state index in [-0.39, 0.29) is 29.1 Å². The second kappa shape index (κ2) is 9.51. The first-order valence-electron chi connectivity index (χ1n) is 8.64. The summed E-state index contributed by atoms with van der Waals surface area (Å²) in [6.45, 7) is 1.14. The summed E-state index contributed by atoms with van der Waals surface area (Å²) in [4.78, 5) is 12.2. The summed E-state index contributed by atoms with van der Waals surface area (Å²) in [7, 11) is 0. The van der Waals surface area contributed by atoms with Gasteiger partial charge in [0.15, 0.2) is 12.4 Å². The summed E-state index contributed by atoms with van der Waals surface area (Å²) in [5.41, 5.74) is 2.46. The third-order valence-electron chi connectivity index (χ3n) is 3.87. The Balaban J connectivity index is 1.51. The molecule has 0 spiro atoms. The Labute approximate surface area is 170 Å². The Kier molecular flexibility index (Phi) is 6.82. The summed E-state index contributed by atoms with van der Waals surface area (Å²) in [5.74, 6) is 0.898. The minimum Gasteiger partial charge on any atom is -0.484 e. The number of hydrogen-bond acceptors (Lipinski definition) is 7. The molecule has 0 unspecified atom stereocenters. The SMILES string of the molecule is Cc1ccc(C)c(OCc2nnc(SCC(=O)c3ccc(OC(F)F)cc3)o2)c1. The molecule has 6 nitrogen and oxygen atoms in total. The largest absolute Gasteiger partial charge is 0.484 e. The smallest absolute Gasteiger partial charge is 0.387 e. The third kappa shape index (κ3) is 6.02. The molecule has 0 saturated carbocycles. The van der Waals surface area contributed by atoms with Gasteiger partial charge in [-0.2, -0.15) is 8.78 Å². The van der Waals surface area contributed by atoms with E-state index in [1.54, 1.807) is 0 Å². The number of alkyl halides is 2. The van der Waals surface area contributed by atoms with Crippen molar-refractivity contribution in [2.45, 2.75) is 32.3 Å². The van der Waals surface area contributed by atoms with Gasteiger partial charge in [0.25, 0.3) is 11.1 Å². The van der Waals surface area contributed by atoms with Gasteiger partial charge >= 0.3 is 6.61 Å². The fourth-order valence-electron chi connectivity index (χ4n) is 2.39. The van der Waals surface area contributed by atoms with Crippen LogP contribution in [0.5, 0.6) is 11.5 Å². The van der Waals surface area contributed by atoms with Crippen LogP contribution in [0, 0.1) is 13.8 Å². The number of halogens is 2. The lowest BCUT2D eigenvalue weighted by atomic mass is 10.1. The van der Waals surface area contributed by atoms with Crippen molar-refractivity contribution in [1.82, 2.24) is 10.2 Å². The summed E-state index contributed by atoms with van der Waals surface area (Å²) in [6, 6.07) is 11.4. The second-order valence-corrected chi connectivity index (χ2v) is 7.06. The number of aromatic nitrogens is 2. The van der Waals surface area contributed by atoms with Gasteiger partial charge in [0, 0.05) is 5.56 Å². The van der Waals surface area contributed by atoms with Crippen molar-refractivity contribution in [2.75, 3.05) is 5.75 Å². The highest BCUT2D eigenvalue weighted by atomic mass is 32.2. The number of carbonyl (C=O) groups excluding carboxylic acids is 1. The Morgan fingerprint density at radius 1 is 1.14 bits per heavy atom. The van der Waals surface area contributed by atoms with Gasteiger partial charge in [-0.15, -0.1) is 10.2 Å². The lowest BCUT2D eigenvalue weighted by Gasteiger charge is -2.07. The van der Waals surface area contributed by atoms with Crippen LogP contribution in [0.3, 0.4) is 0 Å². The van der Waals surface area contributed by atoms with Gasteiger partial charge in [0.1, 0.15) is 11.5 Å². The van der Waals surface area contributed by atoms with Crippen LogP contribution < -0.4 is 9.47 Å². The van der Waals surface area contributed by atoms with Crippen LogP contribution in [0.2, 0.25) is 0 Å². The van der Waals surface area contributed by atoms with E-state index in [0.29, 0.717) is 11.5 Å². The average molecular weight is 420 g/mol. The highest BCUT2D eigenvalue weighted by Crippen LogP contribution is 2.22. The second-order valence-electron chi connectivity index (χ2n) is 6.13. The van der Waals surface area contributed by atoms with Crippen LogP contribution in [0.15, 0.2) is 52.1 Å². The van der Waals surface area contributed by atoms with Crippen molar-refractivity contribution >= 4 is 17.5 Å². The van der Waals surface area contributed by atoms with Gasteiger partial charge in [0.05, 0.1) is 5.75 Å². The average Bonchev–Trinajstić information content (AvgIpc) is 3.15. The molecule has 3 aromatic rings. The molecule has 0 fully saturated rings. The first-order chi connectivity index (χ1) is 13.9. The zero-order valence-electron chi connectivity index (χ0n) is 15.7. The van der Waals surface area contributed by atoms with Gasteiger partial charge in [-0.1, -0.05) is 23.9 Å². The fraction of sp³-hybridized carbons (Fsp3) is 0.250. The van der Waals surface area contributed by atoms with Crippen molar-refractivity contribution < 1.29 is 27.5 Å². The molecule has 2 aromatic carbocycles. The molecule has 9 heteroatoms. The number of benzene rings is 2. The first kappa shape index (κ1) is 20.8. The predicted octanol–water partition coefficient (Wildman–Crippen LogP) is 4.84. The molecule has 152 valence electrons. The molecule has 29 heavy (non-hydrogen) atoms. The Morgan fingerprint density at radius 3 is 2.62 bits per heavy atom. The lowest BCUT2D eigenvalue weighted by Crippen LogP contribution is -2.04. The number of ketones is 1. The molecule has 0 aliphatic rings. The molecule has 0 bridgehead atoms. The van der Waals surface area contributed by atoms with E-state index in [2.05, 4.69) is 14.9 Å². The van der Waals surface area contributed by atoms with Crippen LogP contribution >= 0.6 is 11.8 Å². The maximum atomic E-state index is 12.2. The van der Waals surface area contributed by atoms with E-state index in [9.17, 15) is 13.6 Å². The number of Topliss-reactive ketones (excluding diaryl/α,β-unsaturated/α-hetero) is 1. The van der Waals surface area contributed by atoms with Gasteiger partial charge in [-0.3, -0.25) is 4.79 Å². The minimum atomic E-state index is -2.90. The van der Waals surface area contributed by atoms with Gasteiger partial charge < -0.3 is 13.9 Å². The van der Waals surface area contributed by atoms with Crippen LogP contribution in [0.4, 0.5) is 8.78 Å². The molecular formula is C20H18F2N2O4S. The number of hydrogen-bond donors (Lipinski definition) is 0. The van der Waals surface area contributed by atoms with Crippen LogP contribution in [-0.4, -0.2) is 28.3 Å². The lowest BCUT2D eigenvalue weighted by molar-refractivity contribution is -0.0498. The molecule has 1 heterocycles. The van der Waals surface area contributed by atoms with Gasteiger partial charge in [-0.25, -0.2) is 0 Å². The predicted molar refractivity (Wildman–Crippen MR) is 103 cm³/mol. The van der Waals surface area contributed by atoms with Crippen LogP contribution in [0.1, 0.15) is 27.4 Å². The molecule has 0 N–H and O–H groups in total. The first-order valence-corrected chi connectivity index (χ1v) is 9.62. The Bertz CT molecular complexity index is 977. The van der Waals surface area contributed by atoms with E-state index in [1.807, 2.05) is 32.0 Å². The van der Waals surface area contributed by atoms with Crippen LogP contribution in [-0.2, 0) is 6.61 Å². The van der Waals surface area contributed by atoms with E-state index in [1.165, 1.54) is 24.3 Å². The van der Waals surface area contributed by atoms with Crippen molar-refractivity contribution in [1.29, 1.82) is 0 Å². The highest BCUT2D eigenvalue weighted by molar-refractivity contribution is 7.99. The molecule has 0 saturated heterocycles. The zero-order valence-corrected chi connectivity index (χ0v) is 16.5. The van der Waals surface area contributed by atoms with Crippen molar-refractivity contribution in [3.63, 3.8) is 0 Å². The molecule has 0 aliphatic carbocycles. The number of thioether (sulfide) groups is 1. The molecular weight excluding hydrogens is 402 g/mol. The molecule has 0 radical (unpaired) electrons. The number of rotatable bonds is 9. The van der Waals surface area contributed by atoms with Gasteiger partial charge in [-0.05, 0) is 55.3 Å². The quantitative estimate of drug-likeness (QED) is 0.362. The number of carbonyl (C=O) groups is 1. The Morgan fingerprint density at radius 2 is 1.90 bits per heavy atom. The summed E-state index contributed by atoms with van der Waals surface area (Å²) < 4.78 is 39.8. The topological polar surface area (TPSA) is 74.5 Å². The standard InChI is InChI=1S/C20H18F2N2O4S/c1-12-3-4-13(2)17(9-12)26-10-18-23-24-20(28-18)29-11-16(25)14-5-7-15(8-6-14)27-19(21)22/h3-9,19H,10-11H2,1-2H3. The fourth-order valence-corrected chi connectivity index (χ4v) is 3.06. The maximum absolute atomic E-state index is 12.2. The third-order valence-corrected chi connectivity index (χ3v) is 4.69. The number of nitrogens with zero attached hydrogens (tertiary/aromatic N) is 2. The molecule has 3 rings (SSSR count). The summed E-state index contributed by atoms with van der Waals surface area (Å²) in [6.07, 6.45) is 0. The molecule has 0 atom stereocenters. The van der Waals surface area contributed by atoms with Crippen molar-refractivity contribution in [3.05, 3.63) is 65.0 Å². The highest BCUT2D eigenvalue weighted by Gasteiger charge is 2.13. The van der Waals surface area contributed by atoms with E-state index in [4.69, 9.17) is 9.15 Å². The van der Waals surface area contributed by atoms with E-state index < -0.39 is 6.61 Å². The molecule has 0 amide bonds. The zero-order chi connectivity index (χ0) is 20.8. The number of ether oxygens (including phenoxy) is 2. The number of aryl methyl sites for hydroxylation is 2. The molecule has 0 aliphatic heterocycles. The van der Waals surface area contributed by atoms with Crippen LogP contribution in [0.25, 0.3) is 0 Å². The normalized spacial score (nSPS) is 10.9. The van der Waals surface area contributed by atoms with Gasteiger partial charge in [0.2, 0.25) is 0 Å². The van der Waals surface area contributed by atoms with E-state index >= 15 is 0 Å². The summed E-state index contributed by atoms with van der Waals surface area (Å²) in [5, 5.41) is 8.05. The van der Waals surface area contributed by atoms with Crippen molar-refractivity contribution in [3.8, 4) is 11.5 Å². The molecule has 1 aromatic heterocycles. The van der Waals surface area contributed by atoms with E-state index in [0.717, 1.165) is 28.6 Å². The minimum absolute atomic E-state index is 0.00501. The summed E-state index contributed by atoms with van der Waals surface area (Å²) >= 11 is 1.09. The Hall–Kier alpha value is -2.94. The maximum Gasteiger partial charge on any atom is 0.387 e. The monoisotopic (exact) mass is 420 g/mol.